The Morgan fingerprint density at radius 3 is 2.50 bits per heavy atom. The van der Waals surface area contributed by atoms with Gasteiger partial charge in [-0.25, -0.2) is 9.97 Å². The summed E-state index contributed by atoms with van der Waals surface area (Å²) in [7, 11) is 0. The van der Waals surface area contributed by atoms with Crippen LogP contribution in [0.3, 0.4) is 0 Å². The molecule has 0 amide bonds. The summed E-state index contributed by atoms with van der Waals surface area (Å²) in [5, 5.41) is 0. The van der Waals surface area contributed by atoms with Gasteiger partial charge in [-0.2, -0.15) is 0 Å². The smallest absolute Gasteiger partial charge is 0.178 e. The van der Waals surface area contributed by atoms with E-state index in [9.17, 15) is 0 Å². The molecule has 0 aliphatic heterocycles. The van der Waals surface area contributed by atoms with Gasteiger partial charge in [0.25, 0.3) is 0 Å². The van der Waals surface area contributed by atoms with Gasteiger partial charge in [-0.1, -0.05) is 0 Å². The minimum atomic E-state index is 0.557. The quantitative estimate of drug-likeness (QED) is 0.731. The number of nitrogen functional groups attached to an aromatic ring is 1. The van der Waals surface area contributed by atoms with Crippen LogP contribution in [0.4, 0.5) is 5.69 Å². The molecule has 2 aromatic rings. The molecule has 0 unspecified atom stereocenters. The predicted octanol–water partition coefficient (Wildman–Crippen LogP) is 1.43. The van der Waals surface area contributed by atoms with Crippen LogP contribution < -0.4 is 5.73 Å². The third-order valence-electron chi connectivity index (χ3n) is 1.82. The molecule has 0 bridgehead atoms. The van der Waals surface area contributed by atoms with E-state index < -0.39 is 0 Å². The van der Waals surface area contributed by atoms with E-state index in [1.54, 1.807) is 18.6 Å². The van der Waals surface area contributed by atoms with Crippen molar-refractivity contribution in [2.45, 2.75) is 6.92 Å². The van der Waals surface area contributed by atoms with E-state index >= 15 is 0 Å². The van der Waals surface area contributed by atoms with Crippen LogP contribution in [0.2, 0.25) is 0 Å². The highest BCUT2D eigenvalue weighted by Crippen LogP contribution is 2.12. The lowest BCUT2D eigenvalue weighted by molar-refractivity contribution is 1.14. The molecule has 70 valence electrons. The minimum Gasteiger partial charge on any atom is -0.396 e. The van der Waals surface area contributed by atoms with Gasteiger partial charge in [0.2, 0.25) is 0 Å². The Morgan fingerprint density at radius 1 is 1.14 bits per heavy atom. The Labute approximate surface area is 81.9 Å². The fourth-order valence-corrected chi connectivity index (χ4v) is 1.13. The molecule has 2 heterocycles. The van der Waals surface area contributed by atoms with Crippen molar-refractivity contribution in [1.82, 2.24) is 15.0 Å². The van der Waals surface area contributed by atoms with E-state index in [2.05, 4.69) is 15.0 Å². The van der Waals surface area contributed by atoms with E-state index in [-0.39, 0.29) is 0 Å². The van der Waals surface area contributed by atoms with E-state index in [1.165, 1.54) is 0 Å². The molecule has 0 aromatic carbocycles. The Morgan fingerprint density at radius 2 is 1.86 bits per heavy atom. The Balaban J connectivity index is 2.44. The molecule has 0 fully saturated rings. The highest BCUT2D eigenvalue weighted by molar-refractivity contribution is 5.51. The number of nitrogens with zero attached hydrogens (tertiary/aromatic N) is 3. The van der Waals surface area contributed by atoms with Gasteiger partial charge < -0.3 is 5.73 Å². The summed E-state index contributed by atoms with van der Waals surface area (Å²) in [5.41, 5.74) is 7.95. The van der Waals surface area contributed by atoms with Gasteiger partial charge in [0, 0.05) is 6.20 Å². The Kier molecular flexibility index (Phi) is 2.10. The average Bonchev–Trinajstić information content (AvgIpc) is 2.19. The third kappa shape index (κ3) is 1.69. The van der Waals surface area contributed by atoms with Gasteiger partial charge in [-0.3, -0.25) is 4.98 Å². The third-order valence-corrected chi connectivity index (χ3v) is 1.82. The molecule has 2 rings (SSSR count). The summed E-state index contributed by atoms with van der Waals surface area (Å²) in [6.45, 7) is 2.00. The first-order valence-corrected chi connectivity index (χ1v) is 4.26. The fraction of sp³-hybridized carbons (Fsp3) is 0.100. The minimum absolute atomic E-state index is 0.557. The molecular formula is C10H10N4. The van der Waals surface area contributed by atoms with Gasteiger partial charge >= 0.3 is 0 Å². The Hall–Kier alpha value is -1.97. The molecule has 2 aromatic heterocycles. The molecule has 0 saturated carbocycles. The van der Waals surface area contributed by atoms with E-state index in [0.717, 1.165) is 11.3 Å². The zero-order chi connectivity index (χ0) is 9.97. The number of rotatable bonds is 1. The van der Waals surface area contributed by atoms with Crippen molar-refractivity contribution in [3.05, 3.63) is 36.3 Å². The van der Waals surface area contributed by atoms with E-state index in [4.69, 9.17) is 5.73 Å². The maximum absolute atomic E-state index is 5.49. The lowest BCUT2D eigenvalue weighted by Gasteiger charge is -1.99. The predicted molar refractivity (Wildman–Crippen MR) is 54.4 cm³/mol. The zero-order valence-corrected chi connectivity index (χ0v) is 7.81. The SMILES string of the molecule is Cc1ccnc(-c2ncc(N)cn2)c1. The molecule has 0 radical (unpaired) electrons. The first-order valence-electron chi connectivity index (χ1n) is 4.26. The summed E-state index contributed by atoms with van der Waals surface area (Å²) in [4.78, 5) is 12.4. The van der Waals surface area contributed by atoms with Crippen LogP contribution >= 0.6 is 0 Å². The van der Waals surface area contributed by atoms with Gasteiger partial charge in [0.15, 0.2) is 5.82 Å². The molecule has 0 saturated heterocycles. The maximum atomic E-state index is 5.49. The van der Waals surface area contributed by atoms with Crippen molar-refractivity contribution in [3.8, 4) is 11.5 Å². The summed E-state index contributed by atoms with van der Waals surface area (Å²) >= 11 is 0. The molecular weight excluding hydrogens is 176 g/mol. The lowest BCUT2D eigenvalue weighted by Crippen LogP contribution is -1.94. The molecule has 14 heavy (non-hydrogen) atoms. The van der Waals surface area contributed by atoms with Crippen molar-refractivity contribution in [3.63, 3.8) is 0 Å². The second-order valence-corrected chi connectivity index (χ2v) is 3.06. The average molecular weight is 186 g/mol. The second-order valence-electron chi connectivity index (χ2n) is 3.06. The first kappa shape index (κ1) is 8.62. The number of anilines is 1. The summed E-state index contributed by atoms with van der Waals surface area (Å²) in [5.74, 6) is 0.600. The highest BCUT2D eigenvalue weighted by Gasteiger charge is 2.01. The van der Waals surface area contributed by atoms with Gasteiger partial charge in [-0.15, -0.1) is 0 Å². The largest absolute Gasteiger partial charge is 0.396 e. The van der Waals surface area contributed by atoms with Crippen molar-refractivity contribution in [2.75, 3.05) is 5.73 Å². The molecule has 0 aliphatic rings. The zero-order valence-electron chi connectivity index (χ0n) is 7.81. The van der Waals surface area contributed by atoms with E-state index in [0.29, 0.717) is 11.5 Å². The molecule has 0 spiro atoms. The number of hydrogen-bond acceptors (Lipinski definition) is 4. The van der Waals surface area contributed by atoms with Crippen LogP contribution in [0, 0.1) is 6.92 Å². The summed E-state index contributed by atoms with van der Waals surface area (Å²) in [6, 6.07) is 3.87. The first-order chi connectivity index (χ1) is 6.75. The number of hydrogen-bond donors (Lipinski definition) is 1. The molecule has 4 heteroatoms. The highest BCUT2D eigenvalue weighted by atomic mass is 14.9. The number of aromatic nitrogens is 3. The normalized spacial score (nSPS) is 10.1. The summed E-state index contributed by atoms with van der Waals surface area (Å²) < 4.78 is 0. The number of aryl methyl sites for hydroxylation is 1. The van der Waals surface area contributed by atoms with Crippen molar-refractivity contribution < 1.29 is 0 Å². The van der Waals surface area contributed by atoms with Gasteiger partial charge in [-0.05, 0) is 24.6 Å². The standard InChI is InChI=1S/C10H10N4/c1-7-2-3-12-9(4-7)10-13-5-8(11)6-14-10/h2-6H,11H2,1H3. The number of pyridine rings is 1. The van der Waals surface area contributed by atoms with Crippen molar-refractivity contribution in [1.29, 1.82) is 0 Å². The van der Waals surface area contributed by atoms with Crippen LogP contribution in [0.25, 0.3) is 11.5 Å². The van der Waals surface area contributed by atoms with Crippen molar-refractivity contribution >= 4 is 5.69 Å². The summed E-state index contributed by atoms with van der Waals surface area (Å²) in [6.07, 6.45) is 4.89. The molecule has 2 N–H and O–H groups in total. The number of nitrogens with two attached hydrogens (primary N) is 1. The Bertz CT molecular complexity index is 436. The lowest BCUT2D eigenvalue weighted by atomic mass is 10.2. The molecule has 0 atom stereocenters. The second kappa shape index (κ2) is 3.41. The topological polar surface area (TPSA) is 64.7 Å². The maximum Gasteiger partial charge on any atom is 0.178 e. The van der Waals surface area contributed by atoms with Crippen LogP contribution in [-0.2, 0) is 0 Å². The van der Waals surface area contributed by atoms with Crippen LogP contribution in [-0.4, -0.2) is 15.0 Å². The fourth-order valence-electron chi connectivity index (χ4n) is 1.13. The van der Waals surface area contributed by atoms with E-state index in [1.807, 2.05) is 19.1 Å². The van der Waals surface area contributed by atoms with Crippen LogP contribution in [0.5, 0.6) is 0 Å². The van der Waals surface area contributed by atoms with Gasteiger partial charge in [0.05, 0.1) is 18.1 Å². The van der Waals surface area contributed by atoms with Crippen molar-refractivity contribution in [2.24, 2.45) is 0 Å². The monoisotopic (exact) mass is 186 g/mol. The van der Waals surface area contributed by atoms with Gasteiger partial charge in [0.1, 0.15) is 5.69 Å². The molecule has 4 nitrogen and oxygen atoms in total. The molecule has 0 aliphatic carbocycles. The van der Waals surface area contributed by atoms with Crippen LogP contribution in [0.15, 0.2) is 30.7 Å². The van der Waals surface area contributed by atoms with Crippen LogP contribution in [0.1, 0.15) is 5.56 Å².